The minimum Gasteiger partial charge on any atom is -0.508 e. The molecule has 0 atom stereocenters. The first-order valence-electron chi connectivity index (χ1n) is 8.52. The molecular formula is C18H26N2O2. The van der Waals surface area contributed by atoms with Crippen molar-refractivity contribution < 1.29 is 9.90 Å². The second-order valence-corrected chi connectivity index (χ2v) is 6.60. The van der Waals surface area contributed by atoms with Crippen molar-refractivity contribution in [1.29, 1.82) is 0 Å². The second kappa shape index (κ2) is 7.14. The summed E-state index contributed by atoms with van der Waals surface area (Å²) < 4.78 is 0. The fourth-order valence-corrected chi connectivity index (χ4v) is 3.24. The molecule has 0 radical (unpaired) electrons. The molecular weight excluding hydrogens is 276 g/mol. The molecule has 2 fully saturated rings. The number of phenolic OH excluding ortho intramolecular Hbond substituents is 1. The summed E-state index contributed by atoms with van der Waals surface area (Å²) in [6.45, 7) is 3.10. The first-order valence-corrected chi connectivity index (χ1v) is 8.52. The van der Waals surface area contributed by atoms with Gasteiger partial charge in [0.2, 0.25) is 5.91 Å². The van der Waals surface area contributed by atoms with Crippen molar-refractivity contribution in [1.82, 2.24) is 9.80 Å². The topological polar surface area (TPSA) is 43.8 Å². The highest BCUT2D eigenvalue weighted by molar-refractivity contribution is 5.78. The van der Waals surface area contributed by atoms with Crippen LogP contribution in [0.1, 0.15) is 44.1 Å². The predicted octanol–water partition coefficient (Wildman–Crippen LogP) is 2.76. The fourth-order valence-electron chi connectivity index (χ4n) is 3.24. The van der Waals surface area contributed by atoms with Gasteiger partial charge in [-0.1, -0.05) is 25.0 Å². The zero-order chi connectivity index (χ0) is 15.4. The summed E-state index contributed by atoms with van der Waals surface area (Å²) in [4.78, 5) is 16.9. The Morgan fingerprint density at radius 1 is 1.18 bits per heavy atom. The maximum absolute atomic E-state index is 12.6. The van der Waals surface area contributed by atoms with E-state index in [4.69, 9.17) is 0 Å². The van der Waals surface area contributed by atoms with Gasteiger partial charge >= 0.3 is 0 Å². The SMILES string of the molecule is O=C(CN(Cc1cccc(O)c1)C1CC1)N1CCCCCC1. The molecule has 1 amide bonds. The molecule has 0 aromatic heterocycles. The molecule has 1 aromatic carbocycles. The molecule has 1 saturated heterocycles. The number of rotatable bonds is 5. The number of likely N-dealkylation sites (tertiary alicyclic amines) is 1. The molecule has 1 saturated carbocycles. The van der Waals surface area contributed by atoms with Crippen LogP contribution in [0.2, 0.25) is 0 Å². The number of carbonyl (C=O) groups excluding carboxylic acids is 1. The van der Waals surface area contributed by atoms with Gasteiger partial charge in [0, 0.05) is 25.7 Å². The van der Waals surface area contributed by atoms with Gasteiger partial charge in [0.15, 0.2) is 0 Å². The van der Waals surface area contributed by atoms with Crippen molar-refractivity contribution in [2.24, 2.45) is 0 Å². The molecule has 22 heavy (non-hydrogen) atoms. The highest BCUT2D eigenvalue weighted by Gasteiger charge is 2.31. The standard InChI is InChI=1S/C18H26N2O2/c21-17-7-5-6-15(12-17)13-20(16-8-9-16)14-18(22)19-10-3-1-2-4-11-19/h5-7,12,16,21H,1-4,8-11,13-14H2. The van der Waals surface area contributed by atoms with Crippen LogP contribution in [0.5, 0.6) is 5.75 Å². The van der Waals surface area contributed by atoms with E-state index in [0.717, 1.165) is 38.0 Å². The third-order valence-corrected chi connectivity index (χ3v) is 4.66. The van der Waals surface area contributed by atoms with Crippen molar-refractivity contribution in [3.05, 3.63) is 29.8 Å². The zero-order valence-electron chi connectivity index (χ0n) is 13.2. The van der Waals surface area contributed by atoms with Crippen LogP contribution < -0.4 is 0 Å². The van der Waals surface area contributed by atoms with Crippen molar-refractivity contribution in [3.63, 3.8) is 0 Å². The Kier molecular flexibility index (Phi) is 4.98. The minimum atomic E-state index is 0.272. The summed E-state index contributed by atoms with van der Waals surface area (Å²) in [5.41, 5.74) is 1.08. The van der Waals surface area contributed by atoms with Gasteiger partial charge in [0.05, 0.1) is 6.54 Å². The molecule has 1 aromatic rings. The predicted molar refractivity (Wildman–Crippen MR) is 86.6 cm³/mol. The number of amides is 1. The number of nitrogens with zero attached hydrogens (tertiary/aromatic N) is 2. The molecule has 2 aliphatic rings. The summed E-state index contributed by atoms with van der Waals surface area (Å²) in [5, 5.41) is 9.60. The van der Waals surface area contributed by atoms with Crippen LogP contribution in [0.25, 0.3) is 0 Å². The number of phenols is 1. The van der Waals surface area contributed by atoms with Crippen LogP contribution in [-0.4, -0.2) is 46.5 Å². The van der Waals surface area contributed by atoms with Gasteiger partial charge in [-0.3, -0.25) is 9.69 Å². The molecule has 120 valence electrons. The van der Waals surface area contributed by atoms with E-state index in [-0.39, 0.29) is 5.91 Å². The first-order chi connectivity index (χ1) is 10.7. The molecule has 0 bridgehead atoms. The summed E-state index contributed by atoms with van der Waals surface area (Å²) in [7, 11) is 0. The van der Waals surface area contributed by atoms with Crippen LogP contribution in [0, 0.1) is 0 Å². The maximum Gasteiger partial charge on any atom is 0.236 e. The number of hydrogen-bond acceptors (Lipinski definition) is 3. The Bertz CT molecular complexity index is 506. The van der Waals surface area contributed by atoms with E-state index in [1.165, 1.54) is 25.7 Å². The average molecular weight is 302 g/mol. The van der Waals surface area contributed by atoms with Crippen molar-refractivity contribution >= 4 is 5.91 Å². The number of aromatic hydroxyl groups is 1. The van der Waals surface area contributed by atoms with E-state index < -0.39 is 0 Å². The van der Waals surface area contributed by atoms with Crippen LogP contribution in [-0.2, 0) is 11.3 Å². The van der Waals surface area contributed by atoms with E-state index in [1.807, 2.05) is 17.0 Å². The third-order valence-electron chi connectivity index (χ3n) is 4.66. The lowest BCUT2D eigenvalue weighted by Gasteiger charge is -2.26. The van der Waals surface area contributed by atoms with Gasteiger partial charge in [-0.15, -0.1) is 0 Å². The van der Waals surface area contributed by atoms with Gasteiger partial charge < -0.3 is 10.0 Å². The molecule has 0 unspecified atom stereocenters. The monoisotopic (exact) mass is 302 g/mol. The summed E-state index contributed by atoms with van der Waals surface area (Å²) >= 11 is 0. The van der Waals surface area contributed by atoms with Crippen molar-refractivity contribution in [2.75, 3.05) is 19.6 Å². The van der Waals surface area contributed by atoms with Gasteiger partial charge in [0.25, 0.3) is 0 Å². The molecule has 1 N–H and O–H groups in total. The van der Waals surface area contributed by atoms with Crippen LogP contribution in [0.3, 0.4) is 0 Å². The lowest BCUT2D eigenvalue weighted by Crippen LogP contribution is -2.41. The van der Waals surface area contributed by atoms with Crippen LogP contribution >= 0.6 is 0 Å². The van der Waals surface area contributed by atoms with E-state index in [0.29, 0.717) is 18.3 Å². The van der Waals surface area contributed by atoms with Crippen molar-refractivity contribution in [2.45, 2.75) is 51.1 Å². The zero-order valence-corrected chi connectivity index (χ0v) is 13.2. The summed E-state index contributed by atoms with van der Waals surface area (Å²) in [5.74, 6) is 0.570. The van der Waals surface area contributed by atoms with Gasteiger partial charge in [-0.25, -0.2) is 0 Å². The fraction of sp³-hybridized carbons (Fsp3) is 0.611. The van der Waals surface area contributed by atoms with Crippen LogP contribution in [0.4, 0.5) is 0 Å². The Morgan fingerprint density at radius 3 is 2.55 bits per heavy atom. The van der Waals surface area contributed by atoms with E-state index in [9.17, 15) is 9.90 Å². The number of benzene rings is 1. The Balaban J connectivity index is 1.60. The van der Waals surface area contributed by atoms with Crippen LogP contribution in [0.15, 0.2) is 24.3 Å². The van der Waals surface area contributed by atoms with E-state index in [2.05, 4.69) is 4.90 Å². The van der Waals surface area contributed by atoms with E-state index in [1.54, 1.807) is 12.1 Å². The molecule has 1 heterocycles. The maximum atomic E-state index is 12.6. The average Bonchev–Trinajstić information content (AvgIpc) is 3.33. The lowest BCUT2D eigenvalue weighted by atomic mass is 10.2. The molecule has 4 nitrogen and oxygen atoms in total. The number of carbonyl (C=O) groups is 1. The first kappa shape index (κ1) is 15.3. The Labute approximate surface area is 132 Å². The Hall–Kier alpha value is -1.55. The third kappa shape index (κ3) is 4.23. The van der Waals surface area contributed by atoms with Gasteiger partial charge in [-0.05, 0) is 43.4 Å². The minimum absolute atomic E-state index is 0.272. The van der Waals surface area contributed by atoms with Gasteiger partial charge in [-0.2, -0.15) is 0 Å². The highest BCUT2D eigenvalue weighted by Crippen LogP contribution is 2.29. The second-order valence-electron chi connectivity index (χ2n) is 6.60. The molecule has 0 spiro atoms. The van der Waals surface area contributed by atoms with E-state index >= 15 is 0 Å². The lowest BCUT2D eigenvalue weighted by molar-refractivity contribution is -0.132. The normalized spacial score (nSPS) is 19.2. The summed E-state index contributed by atoms with van der Waals surface area (Å²) in [6.07, 6.45) is 7.15. The quantitative estimate of drug-likeness (QED) is 0.909. The molecule has 1 aliphatic carbocycles. The highest BCUT2D eigenvalue weighted by atomic mass is 16.3. The van der Waals surface area contributed by atoms with Gasteiger partial charge in [0.1, 0.15) is 5.75 Å². The summed E-state index contributed by atoms with van der Waals surface area (Å²) in [6, 6.07) is 7.91. The van der Waals surface area contributed by atoms with Crippen molar-refractivity contribution in [3.8, 4) is 5.75 Å². The largest absolute Gasteiger partial charge is 0.508 e. The smallest absolute Gasteiger partial charge is 0.236 e. The number of hydrogen-bond donors (Lipinski definition) is 1. The molecule has 3 rings (SSSR count). The molecule has 1 aliphatic heterocycles. The Morgan fingerprint density at radius 2 is 1.91 bits per heavy atom. The molecule has 4 heteroatoms.